The average Bonchev–Trinajstić information content (AvgIpc) is 3.40. The number of sulfonamides is 1. The summed E-state index contributed by atoms with van der Waals surface area (Å²) < 4.78 is 64.2. The van der Waals surface area contributed by atoms with Gasteiger partial charge < -0.3 is 19.7 Å². The molecule has 2 aromatic heterocycles. The maximum absolute atomic E-state index is 13.1. The fourth-order valence-corrected chi connectivity index (χ4v) is 8.27. The predicted molar refractivity (Wildman–Crippen MR) is 176 cm³/mol. The van der Waals surface area contributed by atoms with E-state index < -0.39 is 22.6 Å². The number of fused-ring (bicyclic) bond motifs is 1. The van der Waals surface area contributed by atoms with Crippen molar-refractivity contribution in [3.8, 4) is 11.5 Å². The molecule has 49 heavy (non-hydrogen) atoms. The van der Waals surface area contributed by atoms with Gasteiger partial charge in [-0.15, -0.1) is 0 Å². The van der Waals surface area contributed by atoms with Gasteiger partial charge in [0.05, 0.1) is 48.1 Å². The monoisotopic (exact) mass is 705 g/mol. The van der Waals surface area contributed by atoms with Crippen molar-refractivity contribution >= 4 is 44.4 Å². The van der Waals surface area contributed by atoms with E-state index >= 15 is 0 Å². The molecule has 1 atom stereocenters. The highest BCUT2D eigenvalue weighted by atomic mass is 32.2. The minimum absolute atomic E-state index is 0.0331. The van der Waals surface area contributed by atoms with Crippen LogP contribution in [0.1, 0.15) is 43.7 Å². The first-order valence-electron chi connectivity index (χ1n) is 16.4. The second-order valence-corrected chi connectivity index (χ2v) is 14.6. The van der Waals surface area contributed by atoms with Crippen LogP contribution in [0.2, 0.25) is 0 Å². The summed E-state index contributed by atoms with van der Waals surface area (Å²) in [5, 5.41) is 11.0. The normalized spacial score (nSPS) is 20.2. The number of anilines is 2. The molecule has 1 unspecified atom stereocenters. The van der Waals surface area contributed by atoms with Gasteiger partial charge in [0.1, 0.15) is 5.75 Å². The molecule has 18 heteroatoms. The lowest BCUT2D eigenvalue weighted by molar-refractivity contribution is -0.134. The number of alkyl halides is 2. The molecule has 3 aromatic rings. The second-order valence-electron chi connectivity index (χ2n) is 12.5. The summed E-state index contributed by atoms with van der Waals surface area (Å²) in [5.41, 5.74) is 2.43. The number of carbonyl (C=O) groups excluding carboxylic acids is 2. The highest BCUT2D eigenvalue weighted by Gasteiger charge is 2.33. The molecule has 3 aliphatic rings. The Hall–Kier alpha value is -4.16. The van der Waals surface area contributed by atoms with Crippen molar-refractivity contribution in [3.63, 3.8) is 0 Å². The number of aromatic nitrogens is 4. The second kappa shape index (κ2) is 14.8. The van der Waals surface area contributed by atoms with E-state index in [-0.39, 0.29) is 41.7 Å². The molecule has 1 aromatic carbocycles. The number of ether oxygens (including phenoxy) is 2. The van der Waals surface area contributed by atoms with Crippen LogP contribution in [-0.2, 0) is 26.7 Å². The lowest BCUT2D eigenvalue weighted by atomic mass is 9.92. The average molecular weight is 706 g/mol. The minimum atomic E-state index is -3.41. The number of hydrogen-bond acceptors (Lipinski definition) is 12. The van der Waals surface area contributed by atoms with Crippen LogP contribution in [0.25, 0.3) is 10.9 Å². The van der Waals surface area contributed by atoms with Gasteiger partial charge in [0.2, 0.25) is 27.8 Å². The molecule has 266 valence electrons. The lowest BCUT2D eigenvalue weighted by Crippen LogP contribution is -2.47. The number of piperidine rings is 2. The summed E-state index contributed by atoms with van der Waals surface area (Å²) in [6.07, 6.45) is 4.70. The number of piperazine rings is 1. The fourth-order valence-electron chi connectivity index (χ4n) is 6.75. The van der Waals surface area contributed by atoms with Crippen LogP contribution in [0.3, 0.4) is 0 Å². The van der Waals surface area contributed by atoms with Crippen LogP contribution >= 0.6 is 0 Å². The van der Waals surface area contributed by atoms with Gasteiger partial charge in [0, 0.05) is 64.2 Å². The molecular weight excluding hydrogens is 664 g/mol. The van der Waals surface area contributed by atoms with E-state index in [2.05, 4.69) is 40.2 Å². The number of amides is 2. The van der Waals surface area contributed by atoms with Gasteiger partial charge in [-0.05, 0) is 44.4 Å². The SMILES string of the molecule is COc1cc2c(C3CCC(=O)NC3=O)nn(C)c2cc1N1CCN(CCCS(=O)(=O)N2CCC(Nc3ncc(OC(F)F)cn3)CC2)CC1. The molecule has 2 N–H and O–H groups in total. The number of benzene rings is 1. The van der Waals surface area contributed by atoms with Crippen molar-refractivity contribution in [2.24, 2.45) is 7.05 Å². The third kappa shape index (κ3) is 8.02. The van der Waals surface area contributed by atoms with E-state index in [1.807, 2.05) is 19.2 Å². The zero-order valence-corrected chi connectivity index (χ0v) is 28.3. The van der Waals surface area contributed by atoms with Crippen molar-refractivity contribution < 1.29 is 36.3 Å². The number of carbonyl (C=O) groups is 2. The van der Waals surface area contributed by atoms with Gasteiger partial charge in [-0.1, -0.05) is 0 Å². The van der Waals surface area contributed by atoms with Gasteiger partial charge in [0.25, 0.3) is 0 Å². The van der Waals surface area contributed by atoms with E-state index in [1.54, 1.807) is 11.8 Å². The Labute approximate surface area is 283 Å². The molecule has 3 fully saturated rings. The Morgan fingerprint density at radius 1 is 1.04 bits per heavy atom. The smallest absolute Gasteiger partial charge is 0.387 e. The highest BCUT2D eigenvalue weighted by molar-refractivity contribution is 7.89. The Balaban J connectivity index is 0.972. The molecule has 0 bridgehead atoms. The Morgan fingerprint density at radius 3 is 2.41 bits per heavy atom. The van der Waals surface area contributed by atoms with E-state index in [0.717, 1.165) is 42.8 Å². The molecule has 6 rings (SSSR count). The molecular formula is C31H41F2N9O6S. The Kier molecular flexibility index (Phi) is 10.4. The van der Waals surface area contributed by atoms with Crippen LogP contribution in [0.15, 0.2) is 24.5 Å². The van der Waals surface area contributed by atoms with Crippen molar-refractivity contribution in [1.29, 1.82) is 0 Å². The summed E-state index contributed by atoms with van der Waals surface area (Å²) in [7, 11) is 0.0422. The summed E-state index contributed by atoms with van der Waals surface area (Å²) in [6, 6.07) is 3.92. The van der Waals surface area contributed by atoms with E-state index in [1.165, 1.54) is 16.7 Å². The summed E-state index contributed by atoms with van der Waals surface area (Å²) in [4.78, 5) is 36.8. The maximum atomic E-state index is 13.1. The number of hydrogen-bond donors (Lipinski definition) is 2. The molecule has 3 aliphatic heterocycles. The standard InChI is InChI=1S/C31H41F2N9O6S/c1-39-24-17-25(26(47-2)16-23(24)28(38-39)22-4-5-27(43)37-29(22)44)41-13-11-40(12-14-41)8-3-15-49(45,46)42-9-6-20(7-10-42)36-31-34-18-21(19-35-31)48-30(32)33/h16-20,22,30H,3-15H2,1-2H3,(H,34,35,36)(H,37,43,44). The Morgan fingerprint density at radius 2 is 1.76 bits per heavy atom. The van der Waals surface area contributed by atoms with Crippen molar-refractivity contribution in [1.82, 2.24) is 34.3 Å². The third-order valence-electron chi connectivity index (χ3n) is 9.37. The molecule has 0 saturated carbocycles. The highest BCUT2D eigenvalue weighted by Crippen LogP contribution is 2.38. The maximum Gasteiger partial charge on any atom is 0.387 e. The number of nitrogens with zero attached hydrogens (tertiary/aromatic N) is 7. The summed E-state index contributed by atoms with van der Waals surface area (Å²) in [5.74, 6) is -0.203. The molecule has 0 aliphatic carbocycles. The van der Waals surface area contributed by atoms with Gasteiger partial charge >= 0.3 is 6.61 Å². The number of halogens is 2. The van der Waals surface area contributed by atoms with Crippen LogP contribution < -0.4 is 25.0 Å². The van der Waals surface area contributed by atoms with E-state index in [9.17, 15) is 26.8 Å². The zero-order chi connectivity index (χ0) is 34.7. The molecule has 0 radical (unpaired) electrons. The number of methoxy groups -OCH3 is 1. The molecule has 2 amide bonds. The molecule has 5 heterocycles. The van der Waals surface area contributed by atoms with Crippen LogP contribution in [0.5, 0.6) is 11.5 Å². The van der Waals surface area contributed by atoms with Gasteiger partial charge in [-0.3, -0.25) is 24.5 Å². The Bertz CT molecular complexity index is 1760. The van der Waals surface area contributed by atoms with Crippen LogP contribution in [0.4, 0.5) is 20.4 Å². The molecule has 0 spiro atoms. The number of nitrogens with one attached hydrogen (secondary N) is 2. The van der Waals surface area contributed by atoms with Crippen molar-refractivity contribution in [2.45, 2.75) is 50.7 Å². The number of imide groups is 1. The fraction of sp³-hybridized carbons (Fsp3) is 0.581. The number of aryl methyl sites for hydroxylation is 1. The quantitative estimate of drug-likeness (QED) is 0.264. The first-order valence-corrected chi connectivity index (χ1v) is 18.0. The third-order valence-corrected chi connectivity index (χ3v) is 11.3. The van der Waals surface area contributed by atoms with Gasteiger partial charge in [-0.2, -0.15) is 13.9 Å². The number of rotatable bonds is 12. The van der Waals surface area contributed by atoms with Crippen LogP contribution in [0, 0.1) is 0 Å². The topological polar surface area (TPSA) is 164 Å². The first-order chi connectivity index (χ1) is 23.5. The zero-order valence-electron chi connectivity index (χ0n) is 27.5. The summed E-state index contributed by atoms with van der Waals surface area (Å²) >= 11 is 0. The van der Waals surface area contributed by atoms with Gasteiger partial charge in [0.15, 0.2) is 5.75 Å². The predicted octanol–water partition coefficient (Wildman–Crippen LogP) is 1.91. The first kappa shape index (κ1) is 34.7. The molecule has 15 nitrogen and oxygen atoms in total. The van der Waals surface area contributed by atoms with Gasteiger partial charge in [-0.25, -0.2) is 22.7 Å². The largest absolute Gasteiger partial charge is 0.495 e. The summed E-state index contributed by atoms with van der Waals surface area (Å²) in [6.45, 7) is 1.48. The van der Waals surface area contributed by atoms with E-state index in [0.29, 0.717) is 56.8 Å². The minimum Gasteiger partial charge on any atom is -0.495 e. The van der Waals surface area contributed by atoms with Crippen LogP contribution in [-0.4, -0.2) is 121 Å². The van der Waals surface area contributed by atoms with E-state index in [4.69, 9.17) is 4.74 Å². The molecule has 3 saturated heterocycles. The van der Waals surface area contributed by atoms with Crippen molar-refractivity contribution in [3.05, 3.63) is 30.2 Å². The van der Waals surface area contributed by atoms with Crippen molar-refractivity contribution in [2.75, 3.05) is 68.9 Å². The lowest BCUT2D eigenvalue weighted by Gasteiger charge is -2.37.